The molecule has 1 aromatic carbocycles. The van der Waals surface area contributed by atoms with Gasteiger partial charge >= 0.3 is 0 Å². The molecule has 1 N–H and O–H groups in total. The predicted octanol–water partition coefficient (Wildman–Crippen LogP) is 2.80. The molecule has 0 spiro atoms. The number of halogens is 1. The summed E-state index contributed by atoms with van der Waals surface area (Å²) in [6, 6.07) is 5.22. The van der Waals surface area contributed by atoms with Crippen molar-refractivity contribution < 1.29 is 9.84 Å². The third-order valence-corrected chi connectivity index (χ3v) is 2.21. The van der Waals surface area contributed by atoms with Crippen LogP contribution in [0.1, 0.15) is 25.5 Å². The summed E-state index contributed by atoms with van der Waals surface area (Å²) in [5, 5.41) is 9.82. The van der Waals surface area contributed by atoms with Crippen LogP contribution in [0.2, 0.25) is 5.02 Å². The Morgan fingerprint density at radius 2 is 2.27 bits per heavy atom. The maximum absolute atomic E-state index is 9.33. The maximum atomic E-state index is 9.33. The first-order valence-corrected chi connectivity index (χ1v) is 5.03. The molecular formula is C12H13ClO2. The van der Waals surface area contributed by atoms with Gasteiger partial charge in [0, 0.05) is 0 Å². The molecule has 15 heavy (non-hydrogen) atoms. The van der Waals surface area contributed by atoms with Crippen LogP contribution in [0.25, 0.3) is 0 Å². The first-order chi connectivity index (χ1) is 7.15. The van der Waals surface area contributed by atoms with Crippen LogP contribution in [0, 0.1) is 11.8 Å². The number of aliphatic hydroxyl groups is 1. The second kappa shape index (κ2) is 5.65. The molecule has 1 aromatic rings. The Morgan fingerprint density at radius 1 is 1.53 bits per heavy atom. The molecule has 0 saturated heterocycles. The van der Waals surface area contributed by atoms with Gasteiger partial charge in [-0.25, -0.2) is 0 Å². The van der Waals surface area contributed by atoms with Crippen LogP contribution in [0.3, 0.4) is 0 Å². The number of ether oxygens (including phenoxy) is 1. The molecule has 0 aliphatic heterocycles. The summed E-state index contributed by atoms with van der Waals surface area (Å²) in [6.07, 6.45) is -0.521. The van der Waals surface area contributed by atoms with E-state index in [0.717, 1.165) is 5.56 Å². The molecule has 0 unspecified atom stereocenters. The van der Waals surface area contributed by atoms with Crippen molar-refractivity contribution >= 4 is 11.6 Å². The van der Waals surface area contributed by atoms with Crippen LogP contribution in [-0.2, 0) is 0 Å². The van der Waals surface area contributed by atoms with Crippen molar-refractivity contribution in [2.24, 2.45) is 0 Å². The Balaban J connectivity index is 2.77. The minimum Gasteiger partial charge on any atom is -0.479 e. The zero-order chi connectivity index (χ0) is 11.3. The van der Waals surface area contributed by atoms with E-state index in [-0.39, 0.29) is 0 Å². The quantitative estimate of drug-likeness (QED) is 0.801. The molecule has 0 fully saturated rings. The third kappa shape index (κ3) is 3.47. The molecule has 80 valence electrons. The normalized spacial score (nSPS) is 11.5. The van der Waals surface area contributed by atoms with Gasteiger partial charge in [-0.15, -0.1) is 5.92 Å². The SMILES string of the molecule is CC#CCOc1ccc([C@H](C)O)cc1Cl. The number of hydrogen-bond acceptors (Lipinski definition) is 2. The van der Waals surface area contributed by atoms with Crippen LogP contribution in [0.5, 0.6) is 5.75 Å². The first kappa shape index (κ1) is 11.9. The van der Waals surface area contributed by atoms with E-state index >= 15 is 0 Å². The van der Waals surface area contributed by atoms with Crippen molar-refractivity contribution in [3.63, 3.8) is 0 Å². The fourth-order valence-corrected chi connectivity index (χ4v) is 1.32. The molecule has 0 saturated carbocycles. The fraction of sp³-hybridized carbons (Fsp3) is 0.333. The second-order valence-corrected chi connectivity index (χ2v) is 3.49. The molecule has 0 heterocycles. The van der Waals surface area contributed by atoms with Gasteiger partial charge in [0.25, 0.3) is 0 Å². The van der Waals surface area contributed by atoms with Crippen molar-refractivity contribution in [1.29, 1.82) is 0 Å². The average molecular weight is 225 g/mol. The lowest BCUT2D eigenvalue weighted by atomic mass is 10.1. The predicted molar refractivity (Wildman–Crippen MR) is 61.0 cm³/mol. The van der Waals surface area contributed by atoms with Gasteiger partial charge in [0.05, 0.1) is 11.1 Å². The summed E-state index contributed by atoms with van der Waals surface area (Å²) < 4.78 is 5.32. The number of aliphatic hydroxyl groups excluding tert-OH is 1. The smallest absolute Gasteiger partial charge is 0.149 e. The zero-order valence-corrected chi connectivity index (χ0v) is 9.51. The van der Waals surface area contributed by atoms with Crippen LogP contribution < -0.4 is 4.74 Å². The highest BCUT2D eigenvalue weighted by atomic mass is 35.5. The van der Waals surface area contributed by atoms with Crippen LogP contribution in [0.15, 0.2) is 18.2 Å². The summed E-state index contributed by atoms with van der Waals surface area (Å²) in [5.74, 6) is 6.10. The van der Waals surface area contributed by atoms with Crippen molar-refractivity contribution in [2.45, 2.75) is 20.0 Å². The minimum absolute atomic E-state index is 0.324. The molecule has 0 radical (unpaired) electrons. The molecule has 2 nitrogen and oxygen atoms in total. The molecule has 1 atom stereocenters. The van der Waals surface area contributed by atoms with E-state index in [2.05, 4.69) is 11.8 Å². The Bertz CT molecular complexity index is 388. The Hall–Kier alpha value is -1.17. The topological polar surface area (TPSA) is 29.5 Å². The van der Waals surface area contributed by atoms with Gasteiger partial charge in [0.1, 0.15) is 12.4 Å². The van der Waals surface area contributed by atoms with Crippen molar-refractivity contribution in [3.8, 4) is 17.6 Å². The lowest BCUT2D eigenvalue weighted by Gasteiger charge is -2.08. The third-order valence-electron chi connectivity index (χ3n) is 1.91. The lowest BCUT2D eigenvalue weighted by Crippen LogP contribution is -1.96. The van der Waals surface area contributed by atoms with Gasteiger partial charge in [0.15, 0.2) is 0 Å². The van der Waals surface area contributed by atoms with E-state index in [4.69, 9.17) is 16.3 Å². The van der Waals surface area contributed by atoms with Gasteiger partial charge in [-0.05, 0) is 31.5 Å². The lowest BCUT2D eigenvalue weighted by molar-refractivity contribution is 0.199. The summed E-state index contributed by atoms with van der Waals surface area (Å²) in [4.78, 5) is 0. The zero-order valence-electron chi connectivity index (χ0n) is 8.75. The monoisotopic (exact) mass is 224 g/mol. The summed E-state index contributed by atoms with van der Waals surface area (Å²) >= 11 is 5.97. The molecule has 3 heteroatoms. The highest BCUT2D eigenvalue weighted by Crippen LogP contribution is 2.27. The molecule has 0 bridgehead atoms. The Kier molecular flexibility index (Phi) is 4.48. The van der Waals surface area contributed by atoms with E-state index in [1.165, 1.54) is 0 Å². The van der Waals surface area contributed by atoms with Crippen molar-refractivity contribution in [3.05, 3.63) is 28.8 Å². The maximum Gasteiger partial charge on any atom is 0.149 e. The van der Waals surface area contributed by atoms with Crippen LogP contribution >= 0.6 is 11.6 Å². The average Bonchev–Trinajstić information content (AvgIpc) is 2.20. The van der Waals surface area contributed by atoms with E-state index in [1.807, 2.05) is 0 Å². The molecule has 0 aliphatic carbocycles. The summed E-state index contributed by atoms with van der Waals surface area (Å²) in [7, 11) is 0. The molecule has 0 amide bonds. The van der Waals surface area contributed by atoms with Gasteiger partial charge < -0.3 is 9.84 Å². The summed E-state index contributed by atoms with van der Waals surface area (Å²) in [6.45, 7) is 3.76. The molecule has 0 aromatic heterocycles. The van der Waals surface area contributed by atoms with Crippen LogP contribution in [0.4, 0.5) is 0 Å². The largest absolute Gasteiger partial charge is 0.479 e. The standard InChI is InChI=1S/C12H13ClO2/c1-3-4-7-15-12-6-5-10(9(2)14)8-11(12)13/h5-6,8-9,14H,7H2,1-2H3/t9-/m0/s1. The summed E-state index contributed by atoms with van der Waals surface area (Å²) in [5.41, 5.74) is 0.772. The van der Waals surface area contributed by atoms with E-state index in [1.54, 1.807) is 32.0 Å². The Labute approximate surface area is 94.8 Å². The minimum atomic E-state index is -0.521. The highest BCUT2D eigenvalue weighted by molar-refractivity contribution is 6.32. The first-order valence-electron chi connectivity index (χ1n) is 4.65. The number of rotatable bonds is 3. The van der Waals surface area contributed by atoms with Crippen molar-refractivity contribution in [1.82, 2.24) is 0 Å². The van der Waals surface area contributed by atoms with Crippen LogP contribution in [-0.4, -0.2) is 11.7 Å². The Morgan fingerprint density at radius 3 is 2.80 bits per heavy atom. The van der Waals surface area contributed by atoms with E-state index in [9.17, 15) is 5.11 Å². The molecular weight excluding hydrogens is 212 g/mol. The molecule has 0 aliphatic rings. The highest BCUT2D eigenvalue weighted by Gasteiger charge is 2.05. The van der Waals surface area contributed by atoms with Gasteiger partial charge in [-0.1, -0.05) is 23.6 Å². The molecule has 1 rings (SSSR count). The van der Waals surface area contributed by atoms with Gasteiger partial charge in [-0.3, -0.25) is 0 Å². The number of hydrogen-bond donors (Lipinski definition) is 1. The number of benzene rings is 1. The van der Waals surface area contributed by atoms with E-state index in [0.29, 0.717) is 17.4 Å². The van der Waals surface area contributed by atoms with E-state index < -0.39 is 6.10 Å². The van der Waals surface area contributed by atoms with Crippen molar-refractivity contribution in [2.75, 3.05) is 6.61 Å². The van der Waals surface area contributed by atoms with Gasteiger partial charge in [-0.2, -0.15) is 0 Å². The fourth-order valence-electron chi connectivity index (χ4n) is 1.08. The van der Waals surface area contributed by atoms with Gasteiger partial charge in [0.2, 0.25) is 0 Å². The second-order valence-electron chi connectivity index (χ2n) is 3.08.